The third kappa shape index (κ3) is 7.40. The largest absolute Gasteiger partial charge is 0.497 e. The molecule has 1 N–H and O–H groups in total. The van der Waals surface area contributed by atoms with Gasteiger partial charge in [0.2, 0.25) is 5.91 Å². The number of hydrogen-bond donors (Lipinski definition) is 1. The highest BCUT2D eigenvalue weighted by Gasteiger charge is 2.20. The summed E-state index contributed by atoms with van der Waals surface area (Å²) in [7, 11) is 1.63. The minimum atomic E-state index is 0.0342. The third-order valence-electron chi connectivity index (χ3n) is 4.88. The van der Waals surface area contributed by atoms with Gasteiger partial charge >= 0.3 is 0 Å². The maximum atomic E-state index is 12.1. The Balaban J connectivity index is 1.29. The van der Waals surface area contributed by atoms with E-state index in [1.807, 2.05) is 30.3 Å². The normalized spacial score (nSPS) is 16.9. The second-order valence-corrected chi connectivity index (χ2v) is 7.15. The van der Waals surface area contributed by atoms with Crippen LogP contribution in [0.2, 0.25) is 0 Å². The van der Waals surface area contributed by atoms with Crippen molar-refractivity contribution in [3.8, 4) is 11.5 Å². The number of morpholine rings is 1. The first kappa shape index (κ1) is 21.1. The summed E-state index contributed by atoms with van der Waals surface area (Å²) in [4.78, 5) is 14.5. The van der Waals surface area contributed by atoms with Crippen LogP contribution in [0, 0.1) is 0 Å². The number of carbonyl (C=O) groups is 1. The molecule has 0 aliphatic carbocycles. The Bertz CT molecular complexity index is 736. The molecule has 1 fully saturated rings. The number of methoxy groups -OCH3 is 1. The molecule has 0 spiro atoms. The summed E-state index contributed by atoms with van der Waals surface area (Å²) in [6, 6.07) is 17.9. The summed E-state index contributed by atoms with van der Waals surface area (Å²) in [5, 5.41) is 2.99. The van der Waals surface area contributed by atoms with Crippen LogP contribution in [0.25, 0.3) is 0 Å². The zero-order valence-electron chi connectivity index (χ0n) is 17.0. The molecule has 0 saturated carbocycles. The topological polar surface area (TPSA) is 60.0 Å². The molecule has 3 rings (SSSR count). The van der Waals surface area contributed by atoms with Crippen LogP contribution >= 0.6 is 0 Å². The summed E-state index contributed by atoms with van der Waals surface area (Å²) in [5.74, 6) is 1.61. The number of rotatable bonds is 10. The zero-order valence-corrected chi connectivity index (χ0v) is 17.0. The average Bonchev–Trinajstić information content (AvgIpc) is 2.77. The predicted molar refractivity (Wildman–Crippen MR) is 112 cm³/mol. The first-order valence-electron chi connectivity index (χ1n) is 10.1. The summed E-state index contributed by atoms with van der Waals surface area (Å²) in [5.41, 5.74) is 1.30. The number of carbonyl (C=O) groups excluding carboxylic acids is 1. The highest BCUT2D eigenvalue weighted by Crippen LogP contribution is 2.17. The number of benzene rings is 2. The third-order valence-corrected chi connectivity index (χ3v) is 4.88. The quantitative estimate of drug-likeness (QED) is 0.624. The van der Waals surface area contributed by atoms with Gasteiger partial charge in [0.15, 0.2) is 0 Å². The molecule has 1 saturated heterocycles. The number of amides is 1. The molecule has 1 unspecified atom stereocenters. The van der Waals surface area contributed by atoms with Gasteiger partial charge < -0.3 is 19.5 Å². The van der Waals surface area contributed by atoms with Crippen LogP contribution < -0.4 is 14.8 Å². The van der Waals surface area contributed by atoms with Crippen molar-refractivity contribution in [2.45, 2.75) is 25.5 Å². The summed E-state index contributed by atoms with van der Waals surface area (Å²) >= 11 is 0. The first-order chi connectivity index (χ1) is 14.2. The highest BCUT2D eigenvalue weighted by atomic mass is 16.5. The SMILES string of the molecule is COc1ccc(OCCCC(=O)NCC2CN(Cc3ccccc3)CCO2)cc1. The molecular formula is C23H30N2O4. The van der Waals surface area contributed by atoms with Gasteiger partial charge in [-0.1, -0.05) is 30.3 Å². The van der Waals surface area contributed by atoms with Crippen LogP contribution in [0.15, 0.2) is 54.6 Å². The Morgan fingerprint density at radius 2 is 1.90 bits per heavy atom. The minimum absolute atomic E-state index is 0.0342. The molecular weight excluding hydrogens is 368 g/mol. The molecule has 2 aromatic carbocycles. The van der Waals surface area contributed by atoms with E-state index in [0.717, 1.165) is 31.1 Å². The van der Waals surface area contributed by atoms with Crippen LogP contribution in [0.3, 0.4) is 0 Å². The smallest absolute Gasteiger partial charge is 0.220 e. The van der Waals surface area contributed by atoms with Crippen LogP contribution in [0.5, 0.6) is 11.5 Å². The van der Waals surface area contributed by atoms with Gasteiger partial charge in [-0.3, -0.25) is 9.69 Å². The van der Waals surface area contributed by atoms with Crippen molar-refractivity contribution in [2.24, 2.45) is 0 Å². The lowest BCUT2D eigenvalue weighted by molar-refractivity contribution is -0.122. The second kappa shape index (κ2) is 11.4. The molecule has 1 heterocycles. The Kier molecular flexibility index (Phi) is 8.34. The van der Waals surface area contributed by atoms with Crippen LogP contribution in [-0.4, -0.2) is 56.9 Å². The minimum Gasteiger partial charge on any atom is -0.497 e. The summed E-state index contributed by atoms with van der Waals surface area (Å²) in [6.07, 6.45) is 1.15. The van der Waals surface area contributed by atoms with Gasteiger partial charge in [0.25, 0.3) is 0 Å². The van der Waals surface area contributed by atoms with Gasteiger partial charge in [-0.05, 0) is 36.2 Å². The van der Waals surface area contributed by atoms with E-state index in [2.05, 4.69) is 34.5 Å². The fourth-order valence-electron chi connectivity index (χ4n) is 3.30. The number of nitrogens with one attached hydrogen (secondary N) is 1. The van der Waals surface area contributed by atoms with E-state index in [-0.39, 0.29) is 12.0 Å². The van der Waals surface area contributed by atoms with Gasteiger partial charge in [0.05, 0.1) is 26.4 Å². The van der Waals surface area contributed by atoms with Crippen molar-refractivity contribution in [3.05, 3.63) is 60.2 Å². The molecule has 0 bridgehead atoms. The van der Waals surface area contributed by atoms with Crippen molar-refractivity contribution >= 4 is 5.91 Å². The molecule has 0 radical (unpaired) electrons. The molecule has 1 aliphatic heterocycles. The molecule has 1 aliphatic rings. The molecule has 1 atom stereocenters. The highest BCUT2D eigenvalue weighted by molar-refractivity contribution is 5.75. The maximum Gasteiger partial charge on any atom is 0.220 e. The molecule has 29 heavy (non-hydrogen) atoms. The molecule has 156 valence electrons. The van der Waals surface area contributed by atoms with E-state index in [9.17, 15) is 4.79 Å². The van der Waals surface area contributed by atoms with Gasteiger partial charge in [-0.2, -0.15) is 0 Å². The molecule has 0 aromatic heterocycles. The fraction of sp³-hybridized carbons (Fsp3) is 0.435. The Hall–Kier alpha value is -2.57. The van der Waals surface area contributed by atoms with Crippen LogP contribution in [-0.2, 0) is 16.1 Å². The summed E-state index contributed by atoms with van der Waals surface area (Å²) < 4.78 is 16.6. The first-order valence-corrected chi connectivity index (χ1v) is 10.1. The molecule has 6 nitrogen and oxygen atoms in total. The lowest BCUT2D eigenvalue weighted by Crippen LogP contribution is -2.47. The lowest BCUT2D eigenvalue weighted by atomic mass is 10.2. The monoisotopic (exact) mass is 398 g/mol. The lowest BCUT2D eigenvalue weighted by Gasteiger charge is -2.33. The second-order valence-electron chi connectivity index (χ2n) is 7.15. The number of ether oxygens (including phenoxy) is 3. The molecule has 2 aromatic rings. The van der Waals surface area contributed by atoms with E-state index in [0.29, 0.717) is 32.6 Å². The van der Waals surface area contributed by atoms with Crippen molar-refractivity contribution in [2.75, 3.05) is 40.0 Å². The van der Waals surface area contributed by atoms with E-state index in [1.54, 1.807) is 7.11 Å². The van der Waals surface area contributed by atoms with Gasteiger partial charge in [-0.15, -0.1) is 0 Å². The van der Waals surface area contributed by atoms with Crippen LogP contribution in [0.1, 0.15) is 18.4 Å². The number of nitrogens with zero attached hydrogens (tertiary/aromatic N) is 1. The fourth-order valence-corrected chi connectivity index (χ4v) is 3.30. The zero-order chi connectivity index (χ0) is 20.3. The van der Waals surface area contributed by atoms with Gasteiger partial charge in [0.1, 0.15) is 11.5 Å². The standard InChI is InChI=1S/C23H30N2O4/c1-27-20-9-11-21(12-10-20)28-14-5-8-23(26)24-16-22-18-25(13-15-29-22)17-19-6-3-2-4-7-19/h2-4,6-7,9-12,22H,5,8,13-18H2,1H3,(H,24,26). The average molecular weight is 399 g/mol. The predicted octanol–water partition coefficient (Wildman–Crippen LogP) is 2.87. The molecule has 1 amide bonds. The van der Waals surface area contributed by atoms with Gasteiger partial charge in [0, 0.05) is 32.6 Å². The van der Waals surface area contributed by atoms with Crippen molar-refractivity contribution in [3.63, 3.8) is 0 Å². The molecule has 6 heteroatoms. The van der Waals surface area contributed by atoms with Crippen molar-refractivity contribution < 1.29 is 19.0 Å². The van der Waals surface area contributed by atoms with E-state index in [4.69, 9.17) is 14.2 Å². The van der Waals surface area contributed by atoms with E-state index < -0.39 is 0 Å². The maximum absolute atomic E-state index is 12.1. The Labute approximate surface area is 172 Å². The Morgan fingerprint density at radius 3 is 2.66 bits per heavy atom. The van der Waals surface area contributed by atoms with Gasteiger partial charge in [-0.25, -0.2) is 0 Å². The van der Waals surface area contributed by atoms with Crippen LogP contribution in [0.4, 0.5) is 0 Å². The van der Waals surface area contributed by atoms with Crippen molar-refractivity contribution in [1.82, 2.24) is 10.2 Å². The van der Waals surface area contributed by atoms with E-state index >= 15 is 0 Å². The summed E-state index contributed by atoms with van der Waals surface area (Å²) in [6.45, 7) is 4.41. The van der Waals surface area contributed by atoms with E-state index in [1.165, 1.54) is 5.56 Å². The number of hydrogen-bond acceptors (Lipinski definition) is 5. The Morgan fingerprint density at radius 1 is 1.14 bits per heavy atom. The van der Waals surface area contributed by atoms with Crippen molar-refractivity contribution in [1.29, 1.82) is 0 Å².